The van der Waals surface area contributed by atoms with E-state index in [1.807, 2.05) is 42.5 Å². The SMILES string of the molecule is COC(=O)CCCCc1ccc(-c2nocc2NC(=O)OC(C)c2ccccc2Cl)cc1. The van der Waals surface area contributed by atoms with E-state index in [2.05, 4.69) is 15.2 Å². The number of carbonyl (C=O) groups excluding carboxylic acids is 2. The van der Waals surface area contributed by atoms with Crippen molar-refractivity contribution in [2.45, 2.75) is 38.7 Å². The van der Waals surface area contributed by atoms with Gasteiger partial charge in [-0.15, -0.1) is 0 Å². The quantitative estimate of drug-likeness (QED) is 0.305. The van der Waals surface area contributed by atoms with Gasteiger partial charge in [-0.25, -0.2) is 4.79 Å². The largest absolute Gasteiger partial charge is 0.469 e. The topological polar surface area (TPSA) is 90.7 Å². The van der Waals surface area contributed by atoms with E-state index < -0.39 is 12.2 Å². The number of halogens is 1. The first-order valence-corrected chi connectivity index (χ1v) is 10.7. The number of carbonyl (C=O) groups is 2. The number of nitrogens with zero attached hydrogens (tertiary/aromatic N) is 1. The van der Waals surface area contributed by atoms with E-state index in [0.717, 1.165) is 36.0 Å². The molecule has 3 rings (SSSR count). The van der Waals surface area contributed by atoms with Crippen LogP contribution >= 0.6 is 11.6 Å². The Balaban J connectivity index is 1.57. The summed E-state index contributed by atoms with van der Waals surface area (Å²) < 4.78 is 15.2. The minimum Gasteiger partial charge on any atom is -0.469 e. The van der Waals surface area contributed by atoms with Crippen molar-refractivity contribution in [1.82, 2.24) is 5.16 Å². The van der Waals surface area contributed by atoms with Crippen molar-refractivity contribution in [2.75, 3.05) is 12.4 Å². The van der Waals surface area contributed by atoms with E-state index in [1.54, 1.807) is 13.0 Å². The Labute approximate surface area is 191 Å². The molecule has 1 aromatic heterocycles. The van der Waals surface area contributed by atoms with Crippen LogP contribution in [0.4, 0.5) is 10.5 Å². The fraction of sp³-hybridized carbons (Fsp3) is 0.292. The fourth-order valence-electron chi connectivity index (χ4n) is 3.23. The maximum Gasteiger partial charge on any atom is 0.412 e. The lowest BCUT2D eigenvalue weighted by Gasteiger charge is -2.15. The minimum absolute atomic E-state index is 0.189. The highest BCUT2D eigenvalue weighted by Crippen LogP contribution is 2.29. The molecule has 0 bridgehead atoms. The van der Waals surface area contributed by atoms with Gasteiger partial charge in [0.05, 0.1) is 7.11 Å². The van der Waals surface area contributed by atoms with Crippen molar-refractivity contribution >= 4 is 29.4 Å². The number of aryl methyl sites for hydroxylation is 1. The summed E-state index contributed by atoms with van der Waals surface area (Å²) in [6.07, 6.45) is 3.15. The number of ether oxygens (including phenoxy) is 2. The van der Waals surface area contributed by atoms with Crippen LogP contribution in [0.1, 0.15) is 43.4 Å². The van der Waals surface area contributed by atoms with Gasteiger partial charge in [0, 0.05) is 22.6 Å². The average molecular weight is 457 g/mol. The molecular formula is C24H25ClN2O5. The minimum atomic E-state index is -0.635. The molecule has 7 nitrogen and oxygen atoms in total. The lowest BCUT2D eigenvalue weighted by molar-refractivity contribution is -0.140. The molecule has 1 heterocycles. The molecule has 0 aliphatic carbocycles. The molecule has 0 radical (unpaired) electrons. The van der Waals surface area contributed by atoms with E-state index in [1.165, 1.54) is 13.4 Å². The van der Waals surface area contributed by atoms with Crippen LogP contribution in [0.25, 0.3) is 11.3 Å². The predicted octanol–water partition coefficient (Wildman–Crippen LogP) is 6.19. The van der Waals surface area contributed by atoms with Crippen molar-refractivity contribution < 1.29 is 23.6 Å². The van der Waals surface area contributed by atoms with Gasteiger partial charge < -0.3 is 14.0 Å². The molecule has 0 spiro atoms. The second-order valence-electron chi connectivity index (χ2n) is 7.25. The Bertz CT molecular complexity index is 1050. The fourth-order valence-corrected chi connectivity index (χ4v) is 3.52. The van der Waals surface area contributed by atoms with Gasteiger partial charge in [0.15, 0.2) is 0 Å². The van der Waals surface area contributed by atoms with E-state index in [-0.39, 0.29) is 5.97 Å². The van der Waals surface area contributed by atoms with Gasteiger partial charge in [-0.2, -0.15) is 0 Å². The van der Waals surface area contributed by atoms with Crippen molar-refractivity contribution in [3.63, 3.8) is 0 Å². The summed E-state index contributed by atoms with van der Waals surface area (Å²) in [6.45, 7) is 1.75. The van der Waals surface area contributed by atoms with Crippen molar-refractivity contribution in [3.8, 4) is 11.3 Å². The van der Waals surface area contributed by atoms with Gasteiger partial charge in [0.2, 0.25) is 0 Å². The first-order chi connectivity index (χ1) is 15.5. The van der Waals surface area contributed by atoms with Crippen LogP contribution < -0.4 is 5.32 Å². The van der Waals surface area contributed by atoms with Gasteiger partial charge in [0.1, 0.15) is 23.7 Å². The number of rotatable bonds is 9. The van der Waals surface area contributed by atoms with Crippen molar-refractivity contribution in [2.24, 2.45) is 0 Å². The second kappa shape index (κ2) is 11.3. The zero-order valence-corrected chi connectivity index (χ0v) is 18.7. The highest BCUT2D eigenvalue weighted by atomic mass is 35.5. The molecule has 32 heavy (non-hydrogen) atoms. The van der Waals surface area contributed by atoms with Crippen LogP contribution in [0.2, 0.25) is 5.02 Å². The molecule has 0 saturated carbocycles. The average Bonchev–Trinajstić information content (AvgIpc) is 3.25. The van der Waals surface area contributed by atoms with Gasteiger partial charge in [-0.3, -0.25) is 10.1 Å². The number of hydrogen-bond acceptors (Lipinski definition) is 6. The van der Waals surface area contributed by atoms with E-state index >= 15 is 0 Å². The summed E-state index contributed by atoms with van der Waals surface area (Å²) in [4.78, 5) is 23.6. The van der Waals surface area contributed by atoms with Crippen LogP contribution in [0.3, 0.4) is 0 Å². The normalized spacial score (nSPS) is 11.6. The molecular weight excluding hydrogens is 432 g/mol. The molecule has 0 fully saturated rings. The standard InChI is InChI=1S/C24H25ClN2O5/c1-16(19-8-4-5-9-20(19)25)32-24(29)26-21-15-31-27-23(21)18-13-11-17(12-14-18)7-3-6-10-22(28)30-2/h4-5,8-9,11-16H,3,6-7,10H2,1-2H3,(H,26,29). The summed E-state index contributed by atoms with van der Waals surface area (Å²) in [6, 6.07) is 15.0. The summed E-state index contributed by atoms with van der Waals surface area (Å²) in [5.74, 6) is -0.189. The molecule has 0 aliphatic rings. The Kier molecular flexibility index (Phi) is 8.27. The van der Waals surface area contributed by atoms with Gasteiger partial charge in [0.25, 0.3) is 0 Å². The smallest absolute Gasteiger partial charge is 0.412 e. The lowest BCUT2D eigenvalue weighted by Crippen LogP contribution is -2.16. The summed E-state index contributed by atoms with van der Waals surface area (Å²) in [5, 5.41) is 7.22. The van der Waals surface area contributed by atoms with Gasteiger partial charge in [-0.1, -0.05) is 59.2 Å². The first-order valence-electron chi connectivity index (χ1n) is 10.3. The third-order valence-electron chi connectivity index (χ3n) is 4.98. The van der Waals surface area contributed by atoms with Crippen molar-refractivity contribution in [1.29, 1.82) is 0 Å². The maximum atomic E-state index is 12.4. The summed E-state index contributed by atoms with van der Waals surface area (Å²) >= 11 is 6.17. The molecule has 8 heteroatoms. The highest BCUT2D eigenvalue weighted by Gasteiger charge is 2.18. The zero-order valence-electron chi connectivity index (χ0n) is 18.0. The number of anilines is 1. The number of methoxy groups -OCH3 is 1. The van der Waals surface area contributed by atoms with E-state index in [0.29, 0.717) is 22.8 Å². The lowest BCUT2D eigenvalue weighted by atomic mass is 10.0. The monoisotopic (exact) mass is 456 g/mol. The van der Waals surface area contributed by atoms with Gasteiger partial charge in [-0.05, 0) is 37.8 Å². The molecule has 3 aromatic rings. The number of nitrogens with one attached hydrogen (secondary N) is 1. The zero-order chi connectivity index (χ0) is 22.9. The molecule has 0 aliphatic heterocycles. The summed E-state index contributed by atoms with van der Waals surface area (Å²) in [7, 11) is 1.40. The highest BCUT2D eigenvalue weighted by molar-refractivity contribution is 6.31. The molecule has 1 N–H and O–H groups in total. The second-order valence-corrected chi connectivity index (χ2v) is 7.66. The molecule has 1 amide bonds. The Morgan fingerprint density at radius 1 is 1.12 bits per heavy atom. The molecule has 2 aromatic carbocycles. The summed E-state index contributed by atoms with van der Waals surface area (Å²) in [5.41, 5.74) is 3.57. The Morgan fingerprint density at radius 2 is 1.88 bits per heavy atom. The van der Waals surface area contributed by atoms with E-state index in [4.69, 9.17) is 20.9 Å². The van der Waals surface area contributed by atoms with Crippen LogP contribution in [-0.4, -0.2) is 24.3 Å². The Hall–Kier alpha value is -3.32. The molecule has 1 atom stereocenters. The maximum absolute atomic E-state index is 12.4. The van der Waals surface area contributed by atoms with Gasteiger partial charge >= 0.3 is 12.1 Å². The van der Waals surface area contributed by atoms with Crippen LogP contribution in [0, 0.1) is 0 Å². The number of hydrogen-bond donors (Lipinski definition) is 1. The number of aromatic nitrogens is 1. The Morgan fingerprint density at radius 3 is 2.59 bits per heavy atom. The predicted molar refractivity (Wildman–Crippen MR) is 121 cm³/mol. The van der Waals surface area contributed by atoms with Crippen LogP contribution in [0.15, 0.2) is 59.3 Å². The third kappa shape index (κ3) is 6.34. The van der Waals surface area contributed by atoms with E-state index in [9.17, 15) is 9.59 Å². The number of amides is 1. The van der Waals surface area contributed by atoms with Crippen molar-refractivity contribution in [3.05, 3.63) is 70.9 Å². The number of esters is 1. The van der Waals surface area contributed by atoms with Crippen LogP contribution in [-0.2, 0) is 20.7 Å². The van der Waals surface area contributed by atoms with Crippen LogP contribution in [0.5, 0.6) is 0 Å². The number of unbranched alkanes of at least 4 members (excludes halogenated alkanes) is 1. The molecule has 168 valence electrons. The number of benzene rings is 2. The molecule has 1 unspecified atom stereocenters. The first kappa shape index (κ1) is 23.3. The third-order valence-corrected chi connectivity index (χ3v) is 5.33. The molecule has 0 saturated heterocycles.